The zero-order valence-electron chi connectivity index (χ0n) is 12.2. The average molecular weight is 282 g/mol. The number of carboxylic acids is 1. The average Bonchev–Trinajstić information content (AvgIpc) is 2.45. The molecule has 0 bridgehead atoms. The monoisotopic (exact) mass is 282 g/mol. The van der Waals surface area contributed by atoms with Gasteiger partial charge >= 0.3 is 5.97 Å². The standard InChI is InChI=1S/C18H18O3/c1-13-5-3-6-14(2)18(13)21-12-16-8-4-7-15(11-16)9-10-17(19)20/h3-11H,12H2,1-2H3,(H,19,20). The predicted octanol–water partition coefficient (Wildman–Crippen LogP) is 3.98. The van der Waals surface area contributed by atoms with Crippen LogP contribution in [-0.4, -0.2) is 11.1 Å². The Kier molecular flexibility index (Phi) is 4.77. The van der Waals surface area contributed by atoms with Gasteiger partial charge < -0.3 is 9.84 Å². The summed E-state index contributed by atoms with van der Waals surface area (Å²) >= 11 is 0. The predicted molar refractivity (Wildman–Crippen MR) is 83.4 cm³/mol. The number of rotatable bonds is 5. The van der Waals surface area contributed by atoms with Gasteiger partial charge in [-0.05, 0) is 48.2 Å². The number of carboxylic acid groups (broad SMARTS) is 1. The number of para-hydroxylation sites is 1. The lowest BCUT2D eigenvalue weighted by atomic mass is 10.1. The smallest absolute Gasteiger partial charge is 0.328 e. The second-order valence-electron chi connectivity index (χ2n) is 4.93. The Morgan fingerprint density at radius 2 is 1.81 bits per heavy atom. The third kappa shape index (κ3) is 4.21. The highest BCUT2D eigenvalue weighted by Gasteiger charge is 2.03. The van der Waals surface area contributed by atoms with Gasteiger partial charge in [-0.25, -0.2) is 4.79 Å². The highest BCUT2D eigenvalue weighted by molar-refractivity contribution is 5.85. The van der Waals surface area contributed by atoms with Crippen LogP contribution in [0.15, 0.2) is 48.5 Å². The molecule has 0 unspecified atom stereocenters. The van der Waals surface area contributed by atoms with Crippen LogP contribution in [0.1, 0.15) is 22.3 Å². The van der Waals surface area contributed by atoms with Crippen LogP contribution in [0.4, 0.5) is 0 Å². The van der Waals surface area contributed by atoms with Crippen molar-refractivity contribution in [2.24, 2.45) is 0 Å². The molecule has 0 saturated carbocycles. The zero-order chi connectivity index (χ0) is 15.2. The van der Waals surface area contributed by atoms with E-state index >= 15 is 0 Å². The first-order chi connectivity index (χ1) is 10.1. The van der Waals surface area contributed by atoms with Crippen molar-refractivity contribution in [2.45, 2.75) is 20.5 Å². The van der Waals surface area contributed by atoms with Gasteiger partial charge in [0.2, 0.25) is 0 Å². The summed E-state index contributed by atoms with van der Waals surface area (Å²) in [5, 5.41) is 8.65. The van der Waals surface area contributed by atoms with Crippen molar-refractivity contribution in [1.29, 1.82) is 0 Å². The molecule has 3 nitrogen and oxygen atoms in total. The summed E-state index contributed by atoms with van der Waals surface area (Å²) < 4.78 is 5.89. The van der Waals surface area contributed by atoms with Gasteiger partial charge in [-0.15, -0.1) is 0 Å². The summed E-state index contributed by atoms with van der Waals surface area (Å²) in [6, 6.07) is 13.7. The quantitative estimate of drug-likeness (QED) is 0.844. The summed E-state index contributed by atoms with van der Waals surface area (Å²) in [6.07, 6.45) is 2.70. The number of hydrogen-bond donors (Lipinski definition) is 1. The van der Waals surface area contributed by atoms with Gasteiger partial charge in [-0.3, -0.25) is 0 Å². The van der Waals surface area contributed by atoms with Crippen LogP contribution in [0.5, 0.6) is 5.75 Å². The van der Waals surface area contributed by atoms with Crippen LogP contribution in [0.2, 0.25) is 0 Å². The van der Waals surface area contributed by atoms with Crippen LogP contribution in [-0.2, 0) is 11.4 Å². The second kappa shape index (κ2) is 6.75. The van der Waals surface area contributed by atoms with E-state index in [0.29, 0.717) is 6.61 Å². The molecule has 21 heavy (non-hydrogen) atoms. The van der Waals surface area contributed by atoms with Crippen LogP contribution >= 0.6 is 0 Å². The Labute approximate surface area is 124 Å². The summed E-state index contributed by atoms with van der Waals surface area (Å²) in [7, 11) is 0. The molecule has 0 saturated heterocycles. The van der Waals surface area contributed by atoms with Crippen LogP contribution in [0.25, 0.3) is 6.08 Å². The highest BCUT2D eigenvalue weighted by atomic mass is 16.5. The minimum atomic E-state index is -0.952. The van der Waals surface area contributed by atoms with Gasteiger partial charge in [0.05, 0.1) is 0 Å². The molecule has 0 aliphatic carbocycles. The minimum absolute atomic E-state index is 0.459. The van der Waals surface area contributed by atoms with Crippen molar-refractivity contribution in [3.05, 3.63) is 70.8 Å². The Morgan fingerprint density at radius 1 is 1.14 bits per heavy atom. The van der Waals surface area contributed by atoms with Gasteiger partial charge in [-0.1, -0.05) is 36.4 Å². The number of aryl methyl sites for hydroxylation is 2. The molecule has 0 spiro atoms. The molecule has 0 aliphatic heterocycles. The minimum Gasteiger partial charge on any atom is -0.488 e. The van der Waals surface area contributed by atoms with Crippen molar-refractivity contribution >= 4 is 12.0 Å². The summed E-state index contributed by atoms with van der Waals surface area (Å²) in [5.41, 5.74) is 4.07. The van der Waals surface area contributed by atoms with E-state index in [1.807, 2.05) is 56.3 Å². The third-order valence-corrected chi connectivity index (χ3v) is 3.16. The first kappa shape index (κ1) is 14.9. The number of benzene rings is 2. The van der Waals surface area contributed by atoms with E-state index in [-0.39, 0.29) is 0 Å². The van der Waals surface area contributed by atoms with Gasteiger partial charge in [0.1, 0.15) is 12.4 Å². The molecule has 108 valence electrons. The lowest BCUT2D eigenvalue weighted by molar-refractivity contribution is -0.131. The largest absolute Gasteiger partial charge is 0.488 e. The number of aliphatic carboxylic acids is 1. The molecule has 1 N–H and O–H groups in total. The molecule has 3 heteroatoms. The van der Waals surface area contributed by atoms with Crippen molar-refractivity contribution < 1.29 is 14.6 Å². The van der Waals surface area contributed by atoms with E-state index in [0.717, 1.165) is 34.1 Å². The summed E-state index contributed by atoms with van der Waals surface area (Å²) in [4.78, 5) is 10.5. The highest BCUT2D eigenvalue weighted by Crippen LogP contribution is 2.23. The molecular weight excluding hydrogens is 264 g/mol. The second-order valence-corrected chi connectivity index (χ2v) is 4.93. The van der Waals surface area contributed by atoms with Gasteiger partial charge in [-0.2, -0.15) is 0 Å². The fourth-order valence-electron chi connectivity index (χ4n) is 2.14. The van der Waals surface area contributed by atoms with Crippen LogP contribution in [0, 0.1) is 13.8 Å². The third-order valence-electron chi connectivity index (χ3n) is 3.16. The molecule has 0 radical (unpaired) electrons. The maximum absolute atomic E-state index is 10.5. The van der Waals surface area contributed by atoms with Gasteiger partial charge in [0.15, 0.2) is 0 Å². The van der Waals surface area contributed by atoms with Crippen LogP contribution in [0.3, 0.4) is 0 Å². The molecule has 2 aromatic rings. The van der Waals surface area contributed by atoms with Crippen LogP contribution < -0.4 is 4.74 Å². The van der Waals surface area contributed by atoms with Crippen molar-refractivity contribution in [3.63, 3.8) is 0 Å². The molecule has 0 heterocycles. The van der Waals surface area contributed by atoms with Gasteiger partial charge in [0.25, 0.3) is 0 Å². The molecule has 0 fully saturated rings. The summed E-state index contributed by atoms with van der Waals surface area (Å²) in [5.74, 6) is -0.0452. The fourth-order valence-corrected chi connectivity index (χ4v) is 2.14. The molecule has 0 aliphatic rings. The molecule has 2 aromatic carbocycles. The SMILES string of the molecule is Cc1cccc(C)c1OCc1cccc(C=CC(=O)O)c1. The first-order valence-corrected chi connectivity index (χ1v) is 6.75. The Balaban J connectivity index is 2.10. The first-order valence-electron chi connectivity index (χ1n) is 6.75. The Bertz CT molecular complexity index is 652. The van der Waals surface area contributed by atoms with Crippen molar-refractivity contribution in [1.82, 2.24) is 0 Å². The van der Waals surface area contributed by atoms with Gasteiger partial charge in [0, 0.05) is 6.08 Å². The lowest BCUT2D eigenvalue weighted by Crippen LogP contribution is -1.99. The van der Waals surface area contributed by atoms with E-state index in [1.165, 1.54) is 0 Å². The number of ether oxygens (including phenoxy) is 1. The number of carbonyl (C=O) groups is 1. The maximum atomic E-state index is 10.5. The van der Waals surface area contributed by atoms with E-state index in [4.69, 9.17) is 9.84 Å². The molecule has 0 amide bonds. The Morgan fingerprint density at radius 3 is 2.48 bits per heavy atom. The molecule has 2 rings (SSSR count). The fraction of sp³-hybridized carbons (Fsp3) is 0.167. The van der Waals surface area contributed by atoms with E-state index < -0.39 is 5.97 Å². The van der Waals surface area contributed by atoms with E-state index in [1.54, 1.807) is 6.08 Å². The van der Waals surface area contributed by atoms with E-state index in [9.17, 15) is 4.79 Å². The summed E-state index contributed by atoms with van der Waals surface area (Å²) in [6.45, 7) is 4.50. The molecule has 0 aromatic heterocycles. The topological polar surface area (TPSA) is 46.5 Å². The van der Waals surface area contributed by atoms with E-state index in [2.05, 4.69) is 0 Å². The maximum Gasteiger partial charge on any atom is 0.328 e. The zero-order valence-corrected chi connectivity index (χ0v) is 12.2. The normalized spacial score (nSPS) is 10.8. The van der Waals surface area contributed by atoms with Crippen molar-refractivity contribution in [2.75, 3.05) is 0 Å². The molecule has 0 atom stereocenters. The number of hydrogen-bond acceptors (Lipinski definition) is 2. The van der Waals surface area contributed by atoms with Crippen molar-refractivity contribution in [3.8, 4) is 5.75 Å². The molecular formula is C18H18O3. The Hall–Kier alpha value is -2.55. The lowest BCUT2D eigenvalue weighted by Gasteiger charge is -2.12.